The molecule has 0 aliphatic heterocycles. The number of hydrogen-bond acceptors (Lipinski definition) is 2. The number of anilines is 1. The van der Waals surface area contributed by atoms with Gasteiger partial charge in [-0.3, -0.25) is 5.10 Å². The summed E-state index contributed by atoms with van der Waals surface area (Å²) in [7, 11) is 1.71. The Balaban J connectivity index is 2.36. The van der Waals surface area contributed by atoms with E-state index in [1.165, 1.54) is 12.1 Å². The Kier molecular flexibility index (Phi) is 2.79. The topological polar surface area (TPSA) is 40.7 Å². The van der Waals surface area contributed by atoms with Crippen LogP contribution in [0.15, 0.2) is 30.5 Å². The first-order valence-corrected chi connectivity index (χ1v) is 4.91. The maximum Gasteiger partial charge on any atom is 0.416 e. The summed E-state index contributed by atoms with van der Waals surface area (Å²) in [5, 5.41) is 9.42. The lowest BCUT2D eigenvalue weighted by Gasteiger charge is -2.07. The van der Waals surface area contributed by atoms with E-state index in [1.54, 1.807) is 13.2 Å². The van der Waals surface area contributed by atoms with Gasteiger partial charge in [0, 0.05) is 12.6 Å². The highest BCUT2D eigenvalue weighted by Crippen LogP contribution is 2.32. The van der Waals surface area contributed by atoms with Crippen LogP contribution >= 0.6 is 0 Å². The second kappa shape index (κ2) is 4.12. The zero-order valence-corrected chi connectivity index (χ0v) is 8.97. The van der Waals surface area contributed by atoms with E-state index in [2.05, 4.69) is 15.5 Å². The molecule has 2 aromatic rings. The molecule has 6 heteroatoms. The monoisotopic (exact) mass is 241 g/mol. The average Bonchev–Trinajstić information content (AvgIpc) is 2.76. The van der Waals surface area contributed by atoms with Crippen molar-refractivity contribution in [3.05, 3.63) is 36.0 Å². The number of aromatic nitrogens is 2. The van der Waals surface area contributed by atoms with Gasteiger partial charge in [0.15, 0.2) is 0 Å². The Hall–Kier alpha value is -1.98. The Morgan fingerprint density at radius 3 is 2.35 bits per heavy atom. The Labute approximate surface area is 95.7 Å². The molecule has 0 spiro atoms. The second-order valence-corrected chi connectivity index (χ2v) is 3.48. The zero-order chi connectivity index (χ0) is 12.5. The van der Waals surface area contributed by atoms with Gasteiger partial charge in [-0.1, -0.05) is 12.1 Å². The lowest BCUT2D eigenvalue weighted by atomic mass is 10.1. The molecular weight excluding hydrogens is 231 g/mol. The average molecular weight is 241 g/mol. The summed E-state index contributed by atoms with van der Waals surface area (Å²) in [5.74, 6) is 0.671. The number of nitrogens with zero attached hydrogens (tertiary/aromatic N) is 1. The fourth-order valence-corrected chi connectivity index (χ4v) is 1.53. The largest absolute Gasteiger partial charge is 0.416 e. The summed E-state index contributed by atoms with van der Waals surface area (Å²) in [4.78, 5) is 0. The van der Waals surface area contributed by atoms with Gasteiger partial charge in [0.25, 0.3) is 0 Å². The van der Waals surface area contributed by atoms with Crippen molar-refractivity contribution < 1.29 is 13.2 Å². The molecule has 0 amide bonds. The quantitative estimate of drug-likeness (QED) is 0.848. The van der Waals surface area contributed by atoms with Gasteiger partial charge >= 0.3 is 6.18 Å². The van der Waals surface area contributed by atoms with Crippen LogP contribution in [0.4, 0.5) is 19.0 Å². The Bertz CT molecular complexity index is 499. The molecule has 17 heavy (non-hydrogen) atoms. The maximum atomic E-state index is 12.4. The van der Waals surface area contributed by atoms with Crippen LogP contribution in [0.1, 0.15) is 5.56 Å². The number of aromatic amines is 1. The van der Waals surface area contributed by atoms with Crippen molar-refractivity contribution in [3.63, 3.8) is 0 Å². The summed E-state index contributed by atoms with van der Waals surface area (Å²) >= 11 is 0. The van der Waals surface area contributed by atoms with Crippen LogP contribution in [0, 0.1) is 0 Å². The third-order valence-corrected chi connectivity index (χ3v) is 2.41. The van der Waals surface area contributed by atoms with E-state index >= 15 is 0 Å². The highest BCUT2D eigenvalue weighted by atomic mass is 19.4. The van der Waals surface area contributed by atoms with Crippen LogP contribution in [0.5, 0.6) is 0 Å². The van der Waals surface area contributed by atoms with E-state index < -0.39 is 11.7 Å². The third-order valence-electron chi connectivity index (χ3n) is 2.41. The van der Waals surface area contributed by atoms with E-state index in [9.17, 15) is 13.2 Å². The van der Waals surface area contributed by atoms with Crippen LogP contribution in [0.2, 0.25) is 0 Å². The summed E-state index contributed by atoms with van der Waals surface area (Å²) in [6.07, 6.45) is -2.74. The van der Waals surface area contributed by atoms with Crippen molar-refractivity contribution in [1.29, 1.82) is 0 Å². The lowest BCUT2D eigenvalue weighted by molar-refractivity contribution is -0.137. The Morgan fingerprint density at radius 1 is 1.18 bits per heavy atom. The van der Waals surface area contributed by atoms with Crippen LogP contribution < -0.4 is 5.32 Å². The summed E-state index contributed by atoms with van der Waals surface area (Å²) < 4.78 is 37.1. The summed E-state index contributed by atoms with van der Waals surface area (Å²) in [5.41, 5.74) is 0.757. The minimum absolute atomic E-state index is 0.657. The number of rotatable bonds is 2. The van der Waals surface area contributed by atoms with Crippen molar-refractivity contribution >= 4 is 5.82 Å². The molecule has 2 rings (SSSR count). The minimum atomic E-state index is -4.30. The fourth-order valence-electron chi connectivity index (χ4n) is 1.53. The van der Waals surface area contributed by atoms with Crippen molar-refractivity contribution in [2.75, 3.05) is 12.4 Å². The van der Waals surface area contributed by atoms with Gasteiger partial charge in [0.1, 0.15) is 5.82 Å². The fraction of sp³-hybridized carbons (Fsp3) is 0.182. The molecule has 0 radical (unpaired) electrons. The number of H-pyrrole nitrogens is 1. The molecule has 0 bridgehead atoms. The first kappa shape index (κ1) is 11.5. The summed E-state index contributed by atoms with van der Waals surface area (Å²) in [6, 6.07) is 4.96. The molecule has 0 aliphatic rings. The second-order valence-electron chi connectivity index (χ2n) is 3.48. The molecule has 0 unspecified atom stereocenters. The molecule has 0 aliphatic carbocycles. The van der Waals surface area contributed by atoms with E-state index in [0.29, 0.717) is 11.4 Å². The molecule has 1 aromatic carbocycles. The van der Waals surface area contributed by atoms with E-state index in [-0.39, 0.29) is 0 Å². The normalized spacial score (nSPS) is 11.5. The van der Waals surface area contributed by atoms with Crippen molar-refractivity contribution in [2.45, 2.75) is 6.18 Å². The molecule has 1 heterocycles. The van der Waals surface area contributed by atoms with Crippen molar-refractivity contribution in [3.8, 4) is 11.1 Å². The van der Waals surface area contributed by atoms with Gasteiger partial charge in [-0.2, -0.15) is 18.3 Å². The van der Waals surface area contributed by atoms with Crippen molar-refractivity contribution in [1.82, 2.24) is 10.2 Å². The number of benzene rings is 1. The van der Waals surface area contributed by atoms with E-state index in [4.69, 9.17) is 0 Å². The van der Waals surface area contributed by atoms with Crippen molar-refractivity contribution in [2.24, 2.45) is 0 Å². The molecular formula is C11H10F3N3. The highest BCUT2D eigenvalue weighted by molar-refractivity contribution is 5.74. The van der Waals surface area contributed by atoms with Crippen LogP contribution in [0.25, 0.3) is 11.1 Å². The molecule has 0 fully saturated rings. The van der Waals surface area contributed by atoms with Crippen LogP contribution in [-0.2, 0) is 6.18 Å². The number of nitrogens with one attached hydrogen (secondary N) is 2. The molecule has 0 saturated carbocycles. The summed E-state index contributed by atoms with van der Waals surface area (Å²) in [6.45, 7) is 0. The lowest BCUT2D eigenvalue weighted by Crippen LogP contribution is -2.04. The standard InChI is InChI=1S/C11H10F3N3/c1-15-10-9(6-16-17-10)7-2-4-8(5-3-7)11(12,13)14/h2-6H,1H3,(H2,15,16,17). The molecule has 90 valence electrons. The SMILES string of the molecule is CNc1[nH]ncc1-c1ccc(C(F)(F)F)cc1. The van der Waals surface area contributed by atoms with Crippen LogP contribution in [-0.4, -0.2) is 17.2 Å². The third kappa shape index (κ3) is 2.25. The number of hydrogen-bond donors (Lipinski definition) is 2. The predicted molar refractivity (Wildman–Crippen MR) is 58.6 cm³/mol. The van der Waals surface area contributed by atoms with Gasteiger partial charge in [0.05, 0.1) is 11.8 Å². The van der Waals surface area contributed by atoms with Gasteiger partial charge in [-0.05, 0) is 17.7 Å². The number of alkyl halides is 3. The molecule has 3 nitrogen and oxygen atoms in total. The van der Waals surface area contributed by atoms with Crippen LogP contribution in [0.3, 0.4) is 0 Å². The van der Waals surface area contributed by atoms with Gasteiger partial charge in [0.2, 0.25) is 0 Å². The Morgan fingerprint density at radius 2 is 1.82 bits per heavy atom. The first-order valence-electron chi connectivity index (χ1n) is 4.91. The maximum absolute atomic E-state index is 12.4. The zero-order valence-electron chi connectivity index (χ0n) is 8.97. The van der Waals surface area contributed by atoms with Gasteiger partial charge in [-0.25, -0.2) is 0 Å². The molecule has 2 N–H and O–H groups in total. The van der Waals surface area contributed by atoms with Gasteiger partial charge < -0.3 is 5.32 Å². The van der Waals surface area contributed by atoms with E-state index in [1.807, 2.05) is 0 Å². The van der Waals surface area contributed by atoms with E-state index in [0.717, 1.165) is 17.7 Å². The minimum Gasteiger partial charge on any atom is -0.373 e. The predicted octanol–water partition coefficient (Wildman–Crippen LogP) is 3.14. The first-order chi connectivity index (χ1) is 8.02. The number of halogens is 3. The van der Waals surface area contributed by atoms with Gasteiger partial charge in [-0.15, -0.1) is 0 Å². The highest BCUT2D eigenvalue weighted by Gasteiger charge is 2.30. The molecule has 0 atom stereocenters. The molecule has 1 aromatic heterocycles. The molecule has 0 saturated heterocycles. The smallest absolute Gasteiger partial charge is 0.373 e.